The molecule has 10 rings (SSSR count). The maximum absolute atomic E-state index is 2.49. The van der Waals surface area contributed by atoms with Gasteiger partial charge in [-0.3, -0.25) is 0 Å². The molecule has 0 aliphatic carbocycles. The van der Waals surface area contributed by atoms with Crippen molar-refractivity contribution in [3.63, 3.8) is 0 Å². The molecule has 0 unspecified atom stereocenters. The van der Waals surface area contributed by atoms with Gasteiger partial charge in [-0.05, 0) is 70.1 Å². The molecule has 2 heteroatoms. The zero-order valence-corrected chi connectivity index (χ0v) is 29.7. The molecule has 2 nitrogen and oxygen atoms in total. The first-order valence-electron chi connectivity index (χ1n) is 18.5. The Morgan fingerprint density at radius 1 is 0.315 bits per heavy atom. The van der Waals surface area contributed by atoms with E-state index in [1.807, 2.05) is 0 Å². The Morgan fingerprint density at radius 3 is 1.63 bits per heavy atom. The molecule has 0 bridgehead atoms. The van der Waals surface area contributed by atoms with Crippen molar-refractivity contribution in [2.24, 2.45) is 0 Å². The van der Waals surface area contributed by atoms with Gasteiger partial charge in [-0.2, -0.15) is 0 Å². The van der Waals surface area contributed by atoms with Crippen LogP contribution in [0, 0.1) is 0 Å². The van der Waals surface area contributed by atoms with Gasteiger partial charge in [0.15, 0.2) is 0 Å². The maximum atomic E-state index is 2.49. The summed E-state index contributed by atoms with van der Waals surface area (Å²) in [5.41, 5.74) is 14.0. The van der Waals surface area contributed by atoms with Gasteiger partial charge in [0.1, 0.15) is 0 Å². The van der Waals surface area contributed by atoms with E-state index in [1.54, 1.807) is 0 Å². The van der Waals surface area contributed by atoms with Crippen LogP contribution in [0.4, 0.5) is 17.1 Å². The van der Waals surface area contributed by atoms with E-state index in [1.165, 1.54) is 60.4 Å². The monoisotopic (exact) mass is 688 g/mol. The van der Waals surface area contributed by atoms with Crippen molar-refractivity contribution in [2.45, 2.75) is 0 Å². The van der Waals surface area contributed by atoms with Gasteiger partial charge >= 0.3 is 0 Å². The summed E-state index contributed by atoms with van der Waals surface area (Å²) in [6.07, 6.45) is 0. The SMILES string of the molecule is c1ccc(-c2ccc(-n3c4ccccc4c4c(N(c5ccccc5-c5ccccc5)c5cccc6ccccc56)cccc43)c(-c3ccccc3)c2)cc1. The molecule has 0 radical (unpaired) electrons. The standard InChI is InChI=1S/C52H36N2/c1-4-18-37(19-5-1)41-34-35-49(45(36-41)40-22-8-3-9-23-40)54-48-30-15-13-28-44(48)52-50(32-17-33-51(52)54)53(47-31-16-25-39-24-10-11-26-43(39)47)46-29-14-12-27-42(46)38-20-6-2-7-21-38/h1-36H. The number of benzene rings is 9. The second kappa shape index (κ2) is 13.4. The zero-order valence-electron chi connectivity index (χ0n) is 29.7. The van der Waals surface area contributed by atoms with E-state index in [0.29, 0.717) is 0 Å². The van der Waals surface area contributed by atoms with Crippen molar-refractivity contribution < 1.29 is 0 Å². The van der Waals surface area contributed by atoms with E-state index >= 15 is 0 Å². The lowest BCUT2D eigenvalue weighted by Gasteiger charge is -2.30. The summed E-state index contributed by atoms with van der Waals surface area (Å²) in [6.45, 7) is 0. The number of para-hydroxylation sites is 2. The highest BCUT2D eigenvalue weighted by atomic mass is 15.2. The van der Waals surface area contributed by atoms with Crippen LogP contribution >= 0.6 is 0 Å². The normalized spacial score (nSPS) is 11.3. The Hall–Kier alpha value is -7.16. The van der Waals surface area contributed by atoms with Crippen LogP contribution in [0.5, 0.6) is 0 Å². The average Bonchev–Trinajstić information content (AvgIpc) is 3.59. The summed E-state index contributed by atoms with van der Waals surface area (Å²) in [5, 5.41) is 4.82. The van der Waals surface area contributed by atoms with Gasteiger partial charge < -0.3 is 9.47 Å². The van der Waals surface area contributed by atoms with Crippen molar-refractivity contribution in [3.8, 4) is 39.1 Å². The van der Waals surface area contributed by atoms with Crippen molar-refractivity contribution in [2.75, 3.05) is 4.90 Å². The molecule has 0 atom stereocenters. The predicted octanol–water partition coefficient (Wildman–Crippen LogP) is 14.4. The zero-order chi connectivity index (χ0) is 35.8. The van der Waals surface area contributed by atoms with E-state index in [4.69, 9.17) is 0 Å². The fraction of sp³-hybridized carbons (Fsp3) is 0. The molecule has 1 aromatic heterocycles. The van der Waals surface area contributed by atoms with E-state index in [9.17, 15) is 0 Å². The van der Waals surface area contributed by atoms with Crippen LogP contribution in [0.1, 0.15) is 0 Å². The van der Waals surface area contributed by atoms with Gasteiger partial charge in [-0.1, -0.05) is 176 Å². The number of nitrogens with zero attached hydrogens (tertiary/aromatic N) is 2. The van der Waals surface area contributed by atoms with Gasteiger partial charge in [0.2, 0.25) is 0 Å². The second-order valence-electron chi connectivity index (χ2n) is 13.7. The minimum atomic E-state index is 1.13. The number of hydrogen-bond acceptors (Lipinski definition) is 1. The molecule has 0 amide bonds. The quantitative estimate of drug-likeness (QED) is 0.162. The smallest absolute Gasteiger partial charge is 0.0562 e. The fourth-order valence-corrected chi connectivity index (χ4v) is 8.16. The summed E-state index contributed by atoms with van der Waals surface area (Å²) in [5.74, 6) is 0. The first-order valence-corrected chi connectivity index (χ1v) is 18.5. The van der Waals surface area contributed by atoms with Gasteiger partial charge in [0.25, 0.3) is 0 Å². The molecule has 0 aliphatic heterocycles. The Labute approximate surface area is 315 Å². The van der Waals surface area contributed by atoms with Crippen LogP contribution < -0.4 is 4.90 Å². The predicted molar refractivity (Wildman–Crippen MR) is 229 cm³/mol. The average molecular weight is 689 g/mol. The lowest BCUT2D eigenvalue weighted by molar-refractivity contribution is 1.18. The summed E-state index contributed by atoms with van der Waals surface area (Å²) in [4.78, 5) is 2.49. The molecule has 0 N–H and O–H groups in total. The Kier molecular flexibility index (Phi) is 7.85. The summed E-state index contributed by atoms with van der Waals surface area (Å²) >= 11 is 0. The minimum Gasteiger partial charge on any atom is -0.309 e. The van der Waals surface area contributed by atoms with Crippen LogP contribution in [0.15, 0.2) is 218 Å². The molecule has 1 heterocycles. The molecule has 0 saturated heterocycles. The van der Waals surface area contributed by atoms with Crippen molar-refractivity contribution in [1.29, 1.82) is 0 Å². The number of hydrogen-bond donors (Lipinski definition) is 0. The Morgan fingerprint density at radius 2 is 0.852 bits per heavy atom. The van der Waals surface area contributed by atoms with Crippen molar-refractivity contribution >= 4 is 49.6 Å². The summed E-state index contributed by atoms with van der Waals surface area (Å²) < 4.78 is 2.47. The lowest BCUT2D eigenvalue weighted by atomic mass is 9.97. The first-order chi connectivity index (χ1) is 26.8. The molecule has 254 valence electrons. The molecule has 54 heavy (non-hydrogen) atoms. The maximum Gasteiger partial charge on any atom is 0.0562 e. The molecule has 10 aromatic rings. The van der Waals surface area contributed by atoms with Crippen LogP contribution in [0.25, 0.3) is 71.6 Å². The minimum absolute atomic E-state index is 1.13. The number of anilines is 3. The molecule has 0 fully saturated rings. The molecule has 9 aromatic carbocycles. The van der Waals surface area contributed by atoms with Crippen LogP contribution in [0.3, 0.4) is 0 Å². The number of fused-ring (bicyclic) bond motifs is 4. The van der Waals surface area contributed by atoms with Gasteiger partial charge in [0.05, 0.1) is 33.8 Å². The largest absolute Gasteiger partial charge is 0.309 e. The van der Waals surface area contributed by atoms with E-state index in [2.05, 4.69) is 228 Å². The van der Waals surface area contributed by atoms with Gasteiger partial charge in [-0.25, -0.2) is 0 Å². The third kappa shape index (κ3) is 5.36. The lowest BCUT2D eigenvalue weighted by Crippen LogP contribution is -2.12. The second-order valence-corrected chi connectivity index (χ2v) is 13.7. The highest BCUT2D eigenvalue weighted by molar-refractivity contribution is 6.18. The third-order valence-electron chi connectivity index (χ3n) is 10.6. The van der Waals surface area contributed by atoms with Crippen LogP contribution in [0.2, 0.25) is 0 Å². The van der Waals surface area contributed by atoms with Gasteiger partial charge in [-0.15, -0.1) is 0 Å². The molecule has 0 aliphatic rings. The molecule has 0 spiro atoms. The molecule has 0 saturated carbocycles. The highest BCUT2D eigenvalue weighted by Crippen LogP contribution is 2.48. The molecular formula is C52H36N2. The topological polar surface area (TPSA) is 8.17 Å². The first kappa shape index (κ1) is 31.6. The summed E-state index contributed by atoms with van der Waals surface area (Å²) in [6, 6.07) is 78.9. The number of rotatable bonds is 7. The van der Waals surface area contributed by atoms with E-state index in [0.717, 1.165) is 28.3 Å². The van der Waals surface area contributed by atoms with Crippen molar-refractivity contribution in [3.05, 3.63) is 218 Å². The van der Waals surface area contributed by atoms with Crippen LogP contribution in [-0.4, -0.2) is 4.57 Å². The molecular weight excluding hydrogens is 653 g/mol. The Balaban J connectivity index is 1.29. The highest BCUT2D eigenvalue weighted by Gasteiger charge is 2.25. The van der Waals surface area contributed by atoms with Gasteiger partial charge in [0, 0.05) is 27.3 Å². The fourth-order valence-electron chi connectivity index (χ4n) is 8.16. The Bertz CT molecular complexity index is 2920. The third-order valence-corrected chi connectivity index (χ3v) is 10.6. The van der Waals surface area contributed by atoms with E-state index < -0.39 is 0 Å². The summed E-state index contributed by atoms with van der Waals surface area (Å²) in [7, 11) is 0. The van der Waals surface area contributed by atoms with Crippen molar-refractivity contribution in [1.82, 2.24) is 4.57 Å². The van der Waals surface area contributed by atoms with Crippen LogP contribution in [-0.2, 0) is 0 Å². The van der Waals surface area contributed by atoms with E-state index in [-0.39, 0.29) is 0 Å². The number of aromatic nitrogens is 1.